The van der Waals surface area contributed by atoms with Crippen LogP contribution in [0.3, 0.4) is 0 Å². The Hall–Kier alpha value is -4.83. The van der Waals surface area contributed by atoms with Crippen LogP contribution in [0, 0.1) is 12.7 Å². The number of benzene rings is 2. The number of carbonyl (C=O) groups is 1. The number of Topliss-reactive ketones (excluding diaryl/α,β-unsaturated/α-hetero) is 1. The molecule has 4 aromatic heterocycles. The van der Waals surface area contributed by atoms with Gasteiger partial charge in [-0.2, -0.15) is 5.10 Å². The summed E-state index contributed by atoms with van der Waals surface area (Å²) in [4.78, 5) is 18.5. The number of halogens is 1. The number of ketones is 1. The number of aryl methyl sites for hydroxylation is 3. The van der Waals surface area contributed by atoms with Gasteiger partial charge in [-0.15, -0.1) is 0 Å². The van der Waals surface area contributed by atoms with E-state index in [2.05, 4.69) is 4.57 Å². The fourth-order valence-corrected chi connectivity index (χ4v) is 6.56. The fourth-order valence-electron chi connectivity index (χ4n) is 6.06. The minimum absolute atomic E-state index is 0.0734. The first kappa shape index (κ1) is 28.0. The zero-order chi connectivity index (χ0) is 30.9. The van der Waals surface area contributed by atoms with Crippen molar-refractivity contribution in [1.82, 2.24) is 19.2 Å². The second-order valence-corrected chi connectivity index (χ2v) is 13.3. The molecule has 222 valence electrons. The second kappa shape index (κ2) is 10.1. The van der Waals surface area contributed by atoms with E-state index in [9.17, 15) is 17.6 Å². The highest BCUT2D eigenvalue weighted by molar-refractivity contribution is 7.92. The van der Waals surface area contributed by atoms with E-state index in [1.165, 1.54) is 17.4 Å². The number of rotatable bonds is 6. The minimum atomic E-state index is -3.67. The molecule has 1 aliphatic heterocycles. The lowest BCUT2D eigenvalue weighted by Crippen LogP contribution is -2.26. The van der Waals surface area contributed by atoms with Crippen LogP contribution in [-0.2, 0) is 23.0 Å². The van der Waals surface area contributed by atoms with Gasteiger partial charge in [0.2, 0.25) is 10.0 Å². The van der Waals surface area contributed by atoms with E-state index in [4.69, 9.17) is 10.1 Å². The van der Waals surface area contributed by atoms with Crippen molar-refractivity contribution >= 4 is 37.9 Å². The molecule has 0 fully saturated rings. The van der Waals surface area contributed by atoms with Gasteiger partial charge in [-0.3, -0.25) is 9.10 Å². The van der Waals surface area contributed by atoms with E-state index >= 15 is 0 Å². The number of carbonyl (C=O) groups excluding carboxylic acids is 1. The summed E-state index contributed by atoms with van der Waals surface area (Å²) in [5.74, 6) is -0.362. The van der Waals surface area contributed by atoms with E-state index in [1.807, 2.05) is 62.4 Å². The normalized spacial score (nSPS) is 12.8. The fraction of sp³-hybridized carbons (Fsp3) is 0.206. The highest BCUT2D eigenvalue weighted by atomic mass is 32.2. The van der Waals surface area contributed by atoms with E-state index in [-0.39, 0.29) is 18.0 Å². The number of aromatic nitrogens is 4. The highest BCUT2D eigenvalue weighted by Crippen LogP contribution is 2.39. The van der Waals surface area contributed by atoms with Crippen LogP contribution in [0.5, 0.6) is 0 Å². The van der Waals surface area contributed by atoms with Crippen molar-refractivity contribution in [3.63, 3.8) is 0 Å². The third kappa shape index (κ3) is 4.40. The van der Waals surface area contributed by atoms with Gasteiger partial charge in [-0.05, 0) is 49.2 Å². The minimum Gasteiger partial charge on any atom is -0.339 e. The molecule has 0 bridgehead atoms. The maximum absolute atomic E-state index is 14.7. The lowest BCUT2D eigenvalue weighted by Gasteiger charge is -2.23. The summed E-state index contributed by atoms with van der Waals surface area (Å²) in [6.07, 6.45) is 3.78. The van der Waals surface area contributed by atoms with Gasteiger partial charge < -0.3 is 4.57 Å². The Morgan fingerprint density at radius 1 is 1.02 bits per heavy atom. The van der Waals surface area contributed by atoms with E-state index in [0.717, 1.165) is 46.3 Å². The molecule has 2 aromatic carbocycles. The third-order valence-corrected chi connectivity index (χ3v) is 9.70. The Labute approximate surface area is 254 Å². The molecular weight excluding hydrogens is 577 g/mol. The molecule has 0 unspecified atom stereocenters. The van der Waals surface area contributed by atoms with Crippen molar-refractivity contribution in [2.45, 2.75) is 33.2 Å². The summed E-state index contributed by atoms with van der Waals surface area (Å²) in [6, 6.07) is 20.4. The van der Waals surface area contributed by atoms with Gasteiger partial charge in [-0.1, -0.05) is 48.9 Å². The SMILES string of the molecule is CCC(=O)c1c(-c2ccc(C)cc2)nn2cc(N(C)S(C)(=O)=O)c(-c3ccc4c(n3)-c3cc5c(F)cccc5n3CC4)cc12. The van der Waals surface area contributed by atoms with Crippen molar-refractivity contribution in [3.8, 4) is 33.9 Å². The summed E-state index contributed by atoms with van der Waals surface area (Å²) in [6.45, 7) is 4.50. The van der Waals surface area contributed by atoms with Crippen LogP contribution < -0.4 is 4.31 Å². The maximum atomic E-state index is 14.7. The average molecular weight is 608 g/mol. The molecule has 0 spiro atoms. The van der Waals surface area contributed by atoms with Gasteiger partial charge in [0, 0.05) is 36.5 Å². The molecule has 0 aliphatic carbocycles. The molecule has 10 heteroatoms. The Morgan fingerprint density at radius 2 is 1.80 bits per heavy atom. The number of nitrogens with zero attached hydrogens (tertiary/aromatic N) is 5. The molecule has 44 heavy (non-hydrogen) atoms. The third-order valence-electron chi connectivity index (χ3n) is 8.51. The predicted molar refractivity (Wildman–Crippen MR) is 171 cm³/mol. The average Bonchev–Trinajstić information content (AvgIpc) is 3.59. The van der Waals surface area contributed by atoms with Crippen molar-refractivity contribution in [2.75, 3.05) is 17.6 Å². The zero-order valence-electron chi connectivity index (χ0n) is 24.8. The van der Waals surface area contributed by atoms with Crippen molar-refractivity contribution < 1.29 is 17.6 Å². The summed E-state index contributed by atoms with van der Waals surface area (Å²) in [5, 5.41) is 5.32. The number of hydrogen-bond donors (Lipinski definition) is 0. The number of sulfonamides is 1. The molecule has 0 saturated heterocycles. The predicted octanol–water partition coefficient (Wildman–Crippen LogP) is 6.68. The molecule has 5 heterocycles. The van der Waals surface area contributed by atoms with Crippen LogP contribution in [0.2, 0.25) is 0 Å². The summed E-state index contributed by atoms with van der Waals surface area (Å²) in [7, 11) is -2.18. The lowest BCUT2D eigenvalue weighted by molar-refractivity contribution is 0.0990. The summed E-state index contributed by atoms with van der Waals surface area (Å²) < 4.78 is 45.3. The number of pyridine rings is 2. The van der Waals surface area contributed by atoms with Crippen LogP contribution in [0.25, 0.3) is 50.3 Å². The first-order valence-electron chi connectivity index (χ1n) is 14.4. The highest BCUT2D eigenvalue weighted by Gasteiger charge is 2.27. The van der Waals surface area contributed by atoms with Gasteiger partial charge in [0.1, 0.15) is 11.5 Å². The molecule has 0 amide bonds. The largest absolute Gasteiger partial charge is 0.339 e. The van der Waals surface area contributed by atoms with Crippen LogP contribution >= 0.6 is 0 Å². The van der Waals surface area contributed by atoms with E-state index in [1.54, 1.807) is 22.8 Å². The Kier molecular flexibility index (Phi) is 6.44. The molecule has 7 rings (SSSR count). The first-order chi connectivity index (χ1) is 21.0. The Bertz CT molecular complexity index is 2250. The van der Waals surface area contributed by atoms with E-state index < -0.39 is 10.0 Å². The van der Waals surface area contributed by atoms with Crippen molar-refractivity contribution in [2.24, 2.45) is 0 Å². The lowest BCUT2D eigenvalue weighted by atomic mass is 9.99. The van der Waals surface area contributed by atoms with Crippen LogP contribution in [0.15, 0.2) is 72.9 Å². The van der Waals surface area contributed by atoms with Gasteiger partial charge in [0.15, 0.2) is 5.78 Å². The topological polar surface area (TPSA) is 89.6 Å². The molecule has 0 saturated carbocycles. The van der Waals surface area contributed by atoms with Gasteiger partial charge >= 0.3 is 0 Å². The first-order valence-corrected chi connectivity index (χ1v) is 16.3. The molecule has 6 aromatic rings. The number of anilines is 1. The van der Waals surface area contributed by atoms with Crippen LogP contribution in [0.1, 0.15) is 34.8 Å². The molecule has 0 N–H and O–H groups in total. The zero-order valence-corrected chi connectivity index (χ0v) is 25.6. The van der Waals surface area contributed by atoms with Crippen LogP contribution in [0.4, 0.5) is 10.1 Å². The van der Waals surface area contributed by atoms with Crippen molar-refractivity contribution in [1.29, 1.82) is 0 Å². The Balaban J connectivity index is 1.50. The molecular formula is C34H30FN5O3S. The molecule has 8 nitrogen and oxygen atoms in total. The van der Waals surface area contributed by atoms with Gasteiger partial charge in [-0.25, -0.2) is 22.3 Å². The smallest absolute Gasteiger partial charge is 0.232 e. The Morgan fingerprint density at radius 3 is 2.52 bits per heavy atom. The molecule has 0 radical (unpaired) electrons. The van der Waals surface area contributed by atoms with Crippen LogP contribution in [-0.4, -0.2) is 46.7 Å². The monoisotopic (exact) mass is 607 g/mol. The van der Waals surface area contributed by atoms with Crippen molar-refractivity contribution in [3.05, 3.63) is 95.4 Å². The molecule has 1 aliphatic rings. The van der Waals surface area contributed by atoms with Gasteiger partial charge in [0.05, 0.1) is 51.8 Å². The molecule has 0 atom stereocenters. The van der Waals surface area contributed by atoms with Gasteiger partial charge in [0.25, 0.3) is 0 Å². The standard InChI is InChI=1S/C34H30FN5O3S/c1-5-31(41)32-28-18-24(30(38(3)44(4,42)43)19-40(28)37-34(32)21-11-9-20(2)10-12-21)26-14-13-22-15-16-39-27-8-6-7-25(35)23(27)17-29(39)33(22)36-26/h6-14,17-19H,5,15-16H2,1-4H3. The summed E-state index contributed by atoms with van der Waals surface area (Å²) in [5.41, 5.74) is 8.23. The summed E-state index contributed by atoms with van der Waals surface area (Å²) >= 11 is 0. The quantitative estimate of drug-likeness (QED) is 0.197. The number of hydrogen-bond acceptors (Lipinski definition) is 5. The van der Waals surface area contributed by atoms with E-state index in [0.29, 0.717) is 45.6 Å². The maximum Gasteiger partial charge on any atom is 0.232 e. The number of fused-ring (bicyclic) bond motifs is 6. The second-order valence-electron chi connectivity index (χ2n) is 11.3.